The molecule has 1 heterocycles. The van der Waals surface area contributed by atoms with Crippen LogP contribution in [0.2, 0.25) is 0 Å². The lowest BCUT2D eigenvalue weighted by Crippen LogP contribution is -2.59. The number of ether oxygens (including phenoxy) is 1. The summed E-state index contributed by atoms with van der Waals surface area (Å²) in [6, 6.07) is 0. The summed E-state index contributed by atoms with van der Waals surface area (Å²) in [6.07, 6.45) is 5.19. The number of nitrogens with zero attached hydrogens (tertiary/aromatic N) is 2. The van der Waals surface area contributed by atoms with Crippen molar-refractivity contribution in [1.82, 2.24) is 15.5 Å². The largest absolute Gasteiger partial charge is 0.373 e. The highest BCUT2D eigenvalue weighted by Crippen LogP contribution is 2.20. The second kappa shape index (κ2) is 10.4. The van der Waals surface area contributed by atoms with Gasteiger partial charge in [0.2, 0.25) is 0 Å². The highest BCUT2D eigenvalue weighted by atomic mass is 32.2. The van der Waals surface area contributed by atoms with Gasteiger partial charge < -0.3 is 15.4 Å². The molecule has 2 unspecified atom stereocenters. The van der Waals surface area contributed by atoms with Crippen LogP contribution in [0, 0.1) is 0 Å². The monoisotopic (exact) mass is 344 g/mol. The zero-order valence-electron chi connectivity index (χ0n) is 15.8. The molecule has 1 saturated heterocycles. The highest BCUT2D eigenvalue weighted by Gasteiger charge is 2.33. The van der Waals surface area contributed by atoms with Gasteiger partial charge in [-0.25, -0.2) is 0 Å². The Balaban J connectivity index is 2.37. The van der Waals surface area contributed by atoms with E-state index < -0.39 is 0 Å². The van der Waals surface area contributed by atoms with E-state index in [1.165, 1.54) is 18.6 Å². The first kappa shape index (κ1) is 20.6. The van der Waals surface area contributed by atoms with Crippen molar-refractivity contribution in [1.29, 1.82) is 0 Å². The van der Waals surface area contributed by atoms with E-state index in [-0.39, 0.29) is 5.54 Å². The summed E-state index contributed by atoms with van der Waals surface area (Å²) < 4.78 is 5.84. The highest BCUT2D eigenvalue weighted by molar-refractivity contribution is 7.98. The van der Waals surface area contributed by atoms with Gasteiger partial charge in [-0.1, -0.05) is 0 Å². The molecular weight excluding hydrogens is 308 g/mol. The second-order valence-corrected chi connectivity index (χ2v) is 8.01. The van der Waals surface area contributed by atoms with Crippen molar-refractivity contribution in [3.63, 3.8) is 0 Å². The van der Waals surface area contributed by atoms with Gasteiger partial charge in [0.15, 0.2) is 5.96 Å². The maximum absolute atomic E-state index is 5.84. The minimum Gasteiger partial charge on any atom is -0.373 e. The van der Waals surface area contributed by atoms with Gasteiger partial charge in [0.1, 0.15) is 0 Å². The van der Waals surface area contributed by atoms with E-state index in [0.717, 1.165) is 32.1 Å². The summed E-state index contributed by atoms with van der Waals surface area (Å²) in [5, 5.41) is 6.89. The van der Waals surface area contributed by atoms with Crippen molar-refractivity contribution < 1.29 is 4.74 Å². The molecule has 1 aliphatic heterocycles. The summed E-state index contributed by atoms with van der Waals surface area (Å²) in [5.41, 5.74) is 0.0722. The van der Waals surface area contributed by atoms with Crippen molar-refractivity contribution >= 4 is 17.7 Å². The van der Waals surface area contributed by atoms with Crippen LogP contribution in [0.4, 0.5) is 0 Å². The molecule has 0 saturated carbocycles. The molecule has 1 rings (SSSR count). The maximum atomic E-state index is 5.84. The van der Waals surface area contributed by atoms with E-state index in [1.54, 1.807) is 0 Å². The second-order valence-electron chi connectivity index (χ2n) is 7.03. The number of rotatable bonds is 8. The van der Waals surface area contributed by atoms with Crippen LogP contribution in [0.25, 0.3) is 0 Å². The van der Waals surface area contributed by atoms with E-state index in [2.05, 4.69) is 54.5 Å². The van der Waals surface area contributed by atoms with Gasteiger partial charge in [-0.05, 0) is 52.5 Å². The molecule has 0 bridgehead atoms. The zero-order chi connectivity index (χ0) is 17.3. The predicted molar refractivity (Wildman–Crippen MR) is 103 cm³/mol. The van der Waals surface area contributed by atoms with Crippen LogP contribution >= 0.6 is 11.8 Å². The molecular formula is C17H36N4OS. The summed E-state index contributed by atoms with van der Waals surface area (Å²) in [6.45, 7) is 12.7. The number of thioether (sulfide) groups is 1. The molecule has 2 atom stereocenters. The molecule has 6 heteroatoms. The fourth-order valence-corrected chi connectivity index (χ4v) is 3.38. The van der Waals surface area contributed by atoms with Crippen LogP contribution in [-0.4, -0.2) is 73.8 Å². The maximum Gasteiger partial charge on any atom is 0.191 e. The van der Waals surface area contributed by atoms with Crippen LogP contribution in [-0.2, 0) is 4.74 Å². The minimum absolute atomic E-state index is 0.0722. The Bertz CT molecular complexity index is 353. The van der Waals surface area contributed by atoms with Crippen LogP contribution in [0.1, 0.15) is 40.5 Å². The molecule has 5 nitrogen and oxygen atoms in total. The first-order valence-corrected chi connectivity index (χ1v) is 10.1. The Hall–Kier alpha value is -0.460. The molecule has 0 aromatic rings. The first-order valence-electron chi connectivity index (χ1n) is 8.73. The number of morpholine rings is 1. The first-order chi connectivity index (χ1) is 10.9. The third-order valence-corrected chi connectivity index (χ3v) is 4.95. The lowest BCUT2D eigenvalue weighted by Gasteiger charge is -2.45. The van der Waals surface area contributed by atoms with E-state index in [1.807, 2.05) is 18.8 Å². The van der Waals surface area contributed by atoms with Crippen LogP contribution in [0.5, 0.6) is 0 Å². The van der Waals surface area contributed by atoms with Gasteiger partial charge >= 0.3 is 0 Å². The Labute approximate surface area is 147 Å². The Morgan fingerprint density at radius 3 is 2.43 bits per heavy atom. The third kappa shape index (κ3) is 7.77. The lowest BCUT2D eigenvalue weighted by molar-refractivity contribution is -0.0946. The normalized spacial score (nSPS) is 23.8. The van der Waals surface area contributed by atoms with Gasteiger partial charge in [0, 0.05) is 38.8 Å². The van der Waals surface area contributed by atoms with Gasteiger partial charge in [-0.2, -0.15) is 11.8 Å². The molecule has 0 aliphatic carbocycles. The molecule has 2 N–H and O–H groups in total. The quantitative estimate of drug-likeness (QED) is 0.401. The molecule has 1 aliphatic rings. The van der Waals surface area contributed by atoms with Gasteiger partial charge in [-0.3, -0.25) is 9.89 Å². The number of hydrogen-bond acceptors (Lipinski definition) is 4. The molecule has 0 amide bonds. The van der Waals surface area contributed by atoms with Crippen LogP contribution in [0.3, 0.4) is 0 Å². The van der Waals surface area contributed by atoms with Crippen LogP contribution < -0.4 is 10.6 Å². The number of guanidine groups is 1. The van der Waals surface area contributed by atoms with Crippen molar-refractivity contribution in [3.8, 4) is 0 Å². The number of hydrogen-bond donors (Lipinski definition) is 2. The Kier molecular flexibility index (Phi) is 9.32. The Morgan fingerprint density at radius 2 is 1.87 bits per heavy atom. The molecule has 0 radical (unpaired) electrons. The fourth-order valence-electron chi connectivity index (χ4n) is 2.88. The van der Waals surface area contributed by atoms with E-state index in [4.69, 9.17) is 4.74 Å². The van der Waals surface area contributed by atoms with Crippen molar-refractivity contribution in [2.24, 2.45) is 4.99 Å². The number of unbranched alkanes of at least 4 members (excludes halogenated alkanes) is 1. The van der Waals surface area contributed by atoms with E-state index in [9.17, 15) is 0 Å². The average molecular weight is 345 g/mol. The molecule has 0 aromatic carbocycles. The van der Waals surface area contributed by atoms with Crippen molar-refractivity contribution in [3.05, 3.63) is 0 Å². The smallest absolute Gasteiger partial charge is 0.191 e. The van der Waals surface area contributed by atoms with E-state index >= 15 is 0 Å². The molecule has 23 heavy (non-hydrogen) atoms. The van der Waals surface area contributed by atoms with Crippen LogP contribution in [0.15, 0.2) is 4.99 Å². The third-order valence-electron chi connectivity index (χ3n) is 4.26. The molecule has 1 fully saturated rings. The predicted octanol–water partition coefficient (Wildman–Crippen LogP) is 2.18. The standard InChI is InChI=1S/C17H36N4OS/c1-14-11-21(12-15(2)22-14)17(3,4)13-20-16(18-5)19-9-7-8-10-23-6/h14-15H,7-13H2,1-6H3,(H2,18,19,20). The molecule has 0 aromatic heterocycles. The number of nitrogens with one attached hydrogen (secondary N) is 2. The van der Waals surface area contributed by atoms with Crippen molar-refractivity contribution in [2.45, 2.75) is 58.3 Å². The fraction of sp³-hybridized carbons (Fsp3) is 0.941. The summed E-state index contributed by atoms with van der Waals surface area (Å²) >= 11 is 1.91. The Morgan fingerprint density at radius 1 is 1.22 bits per heavy atom. The topological polar surface area (TPSA) is 48.9 Å². The van der Waals surface area contributed by atoms with Gasteiger partial charge in [0.05, 0.1) is 12.2 Å². The van der Waals surface area contributed by atoms with Gasteiger partial charge in [0.25, 0.3) is 0 Å². The molecule has 136 valence electrons. The lowest BCUT2D eigenvalue weighted by atomic mass is 10.00. The van der Waals surface area contributed by atoms with Gasteiger partial charge in [-0.15, -0.1) is 0 Å². The minimum atomic E-state index is 0.0722. The molecule has 0 spiro atoms. The average Bonchev–Trinajstić information content (AvgIpc) is 2.49. The zero-order valence-corrected chi connectivity index (χ0v) is 16.6. The summed E-state index contributed by atoms with van der Waals surface area (Å²) in [7, 11) is 1.84. The SMILES string of the molecule is CN=C(NCCCCSC)NCC(C)(C)N1CC(C)OC(C)C1. The van der Waals surface area contributed by atoms with E-state index in [0.29, 0.717) is 12.2 Å². The number of aliphatic imine (C=N–C) groups is 1. The summed E-state index contributed by atoms with van der Waals surface area (Å²) in [4.78, 5) is 6.85. The van der Waals surface area contributed by atoms with Crippen molar-refractivity contribution in [2.75, 3.05) is 45.2 Å². The summed E-state index contributed by atoms with van der Waals surface area (Å²) in [5.74, 6) is 2.13.